The molecule has 15 heavy (non-hydrogen) atoms. The standard InChI is InChI=1S/C12H11O2.Y/c1-3-14-12(13)9-8-11-6-4-10(2)5-7-11;/h4,6-7H,3H2,1-2H3;/q-1;. The van der Waals surface area contributed by atoms with Crippen LogP contribution in [0.15, 0.2) is 18.2 Å². The molecule has 1 radical (unpaired) electrons. The van der Waals surface area contributed by atoms with Crippen LogP contribution in [-0.4, -0.2) is 12.6 Å². The Kier molecular flexibility index (Phi) is 7.29. The van der Waals surface area contributed by atoms with Crippen molar-refractivity contribution in [2.75, 3.05) is 6.61 Å². The van der Waals surface area contributed by atoms with Gasteiger partial charge in [-0.1, -0.05) is 12.5 Å². The third-order valence-electron chi connectivity index (χ3n) is 1.55. The summed E-state index contributed by atoms with van der Waals surface area (Å²) in [6.45, 7) is 4.05. The van der Waals surface area contributed by atoms with Crippen molar-refractivity contribution in [1.82, 2.24) is 0 Å². The zero-order valence-corrected chi connectivity index (χ0v) is 11.7. The van der Waals surface area contributed by atoms with Gasteiger partial charge >= 0.3 is 5.97 Å². The third-order valence-corrected chi connectivity index (χ3v) is 1.55. The van der Waals surface area contributed by atoms with E-state index in [2.05, 4.69) is 22.6 Å². The first-order valence-electron chi connectivity index (χ1n) is 4.39. The maximum Gasteiger partial charge on any atom is 0.383 e. The van der Waals surface area contributed by atoms with Crippen LogP contribution in [0.1, 0.15) is 18.1 Å². The summed E-state index contributed by atoms with van der Waals surface area (Å²) in [7, 11) is 0. The molecular formula is C12H11O2Y-. The maximum absolute atomic E-state index is 10.9. The molecule has 0 aromatic heterocycles. The largest absolute Gasteiger partial charge is 0.456 e. The van der Waals surface area contributed by atoms with E-state index in [-0.39, 0.29) is 32.7 Å². The fourth-order valence-corrected chi connectivity index (χ4v) is 0.871. The molecule has 0 bridgehead atoms. The fourth-order valence-electron chi connectivity index (χ4n) is 0.871. The predicted octanol–water partition coefficient (Wildman–Crippen LogP) is 1.71. The molecule has 0 aliphatic heterocycles. The molecule has 0 aliphatic rings. The molecule has 0 saturated heterocycles. The summed E-state index contributed by atoms with van der Waals surface area (Å²) in [4.78, 5) is 10.9. The van der Waals surface area contributed by atoms with E-state index >= 15 is 0 Å². The summed E-state index contributed by atoms with van der Waals surface area (Å²) < 4.78 is 4.66. The minimum absolute atomic E-state index is 0. The summed E-state index contributed by atoms with van der Waals surface area (Å²) in [5.74, 6) is 4.60. The molecule has 0 aliphatic carbocycles. The molecule has 2 nitrogen and oxygen atoms in total. The molecule has 1 rings (SSSR count). The maximum atomic E-state index is 10.9. The molecule has 0 fully saturated rings. The van der Waals surface area contributed by atoms with E-state index in [0.717, 1.165) is 11.1 Å². The molecule has 0 N–H and O–H groups in total. The Morgan fingerprint density at radius 1 is 1.53 bits per heavy atom. The molecule has 0 spiro atoms. The number of carbonyl (C=O) groups excluding carboxylic acids is 1. The Morgan fingerprint density at radius 2 is 2.27 bits per heavy atom. The molecule has 0 heterocycles. The van der Waals surface area contributed by atoms with Gasteiger partial charge in [-0.15, -0.1) is 5.92 Å². The number of hydrogen-bond acceptors (Lipinski definition) is 2. The van der Waals surface area contributed by atoms with Crippen LogP contribution in [0, 0.1) is 24.8 Å². The van der Waals surface area contributed by atoms with Gasteiger partial charge in [-0.3, -0.25) is 0 Å². The van der Waals surface area contributed by atoms with E-state index < -0.39 is 5.97 Å². The fraction of sp³-hybridized carbons (Fsp3) is 0.250. The number of esters is 1. The molecular weight excluding hydrogens is 265 g/mol. The van der Waals surface area contributed by atoms with E-state index in [4.69, 9.17) is 0 Å². The Balaban J connectivity index is 0.00000196. The van der Waals surface area contributed by atoms with Gasteiger partial charge in [-0.25, -0.2) is 4.79 Å². The molecule has 1 aromatic rings. The van der Waals surface area contributed by atoms with Crippen molar-refractivity contribution in [2.45, 2.75) is 13.8 Å². The van der Waals surface area contributed by atoms with E-state index in [9.17, 15) is 4.79 Å². The first kappa shape index (κ1) is 14.4. The number of carbonyl (C=O) groups is 1. The Morgan fingerprint density at radius 3 is 2.80 bits per heavy atom. The van der Waals surface area contributed by atoms with Crippen molar-refractivity contribution in [2.24, 2.45) is 0 Å². The SMILES string of the molecule is CCOC(=O)C#Cc1c[c-]c(C)cc1.[Y]. The number of rotatable bonds is 1. The van der Waals surface area contributed by atoms with Crippen LogP contribution in [-0.2, 0) is 42.2 Å². The number of ether oxygens (including phenoxy) is 1. The Bertz CT molecular complexity index is 371. The topological polar surface area (TPSA) is 26.3 Å². The van der Waals surface area contributed by atoms with Gasteiger partial charge in [0.15, 0.2) is 0 Å². The average molecular weight is 276 g/mol. The molecule has 0 saturated carbocycles. The van der Waals surface area contributed by atoms with Crippen LogP contribution in [0.3, 0.4) is 0 Å². The third kappa shape index (κ3) is 5.72. The summed E-state index contributed by atoms with van der Waals surface area (Å²) in [5.41, 5.74) is 1.82. The molecule has 0 amide bonds. The number of aryl methyl sites for hydroxylation is 1. The van der Waals surface area contributed by atoms with E-state index in [1.54, 1.807) is 13.0 Å². The minimum atomic E-state index is -0.493. The number of benzene rings is 1. The van der Waals surface area contributed by atoms with Gasteiger partial charge in [0.2, 0.25) is 0 Å². The van der Waals surface area contributed by atoms with Crippen LogP contribution in [0.2, 0.25) is 0 Å². The van der Waals surface area contributed by atoms with Crippen molar-refractivity contribution in [3.8, 4) is 11.8 Å². The van der Waals surface area contributed by atoms with Crippen LogP contribution in [0.5, 0.6) is 0 Å². The summed E-state index contributed by atoms with van der Waals surface area (Å²) in [6.07, 6.45) is 0. The Labute approximate surface area is 115 Å². The van der Waals surface area contributed by atoms with Crippen molar-refractivity contribution in [1.29, 1.82) is 0 Å². The number of hydrogen-bond donors (Lipinski definition) is 0. The zero-order valence-electron chi connectivity index (χ0n) is 8.83. The monoisotopic (exact) mass is 276 g/mol. The van der Waals surface area contributed by atoms with Crippen LogP contribution in [0.4, 0.5) is 0 Å². The van der Waals surface area contributed by atoms with Crippen LogP contribution in [0.25, 0.3) is 0 Å². The summed E-state index contributed by atoms with van der Waals surface area (Å²) in [6, 6.07) is 8.50. The quantitative estimate of drug-likeness (QED) is 0.443. The first-order valence-corrected chi connectivity index (χ1v) is 4.39. The Hall–Kier alpha value is -0.646. The van der Waals surface area contributed by atoms with Gasteiger partial charge < -0.3 is 4.74 Å². The van der Waals surface area contributed by atoms with Crippen molar-refractivity contribution >= 4 is 5.97 Å². The van der Waals surface area contributed by atoms with Gasteiger partial charge in [0.1, 0.15) is 0 Å². The second-order valence-electron chi connectivity index (χ2n) is 2.73. The molecule has 1 aromatic carbocycles. The van der Waals surface area contributed by atoms with Gasteiger partial charge in [-0.05, 0) is 6.92 Å². The second-order valence-corrected chi connectivity index (χ2v) is 2.73. The van der Waals surface area contributed by atoms with E-state index in [1.807, 2.05) is 19.1 Å². The smallest absolute Gasteiger partial charge is 0.383 e. The van der Waals surface area contributed by atoms with Crippen molar-refractivity contribution in [3.05, 3.63) is 35.4 Å². The minimum Gasteiger partial charge on any atom is -0.456 e. The summed E-state index contributed by atoms with van der Waals surface area (Å²) >= 11 is 0. The molecule has 0 atom stereocenters. The molecule has 75 valence electrons. The second kappa shape index (κ2) is 7.62. The van der Waals surface area contributed by atoms with Crippen molar-refractivity contribution in [3.63, 3.8) is 0 Å². The average Bonchev–Trinajstić information content (AvgIpc) is 2.17. The van der Waals surface area contributed by atoms with Gasteiger partial charge in [0, 0.05) is 38.6 Å². The van der Waals surface area contributed by atoms with E-state index in [1.165, 1.54) is 0 Å². The molecule has 3 heteroatoms. The van der Waals surface area contributed by atoms with Crippen LogP contribution < -0.4 is 0 Å². The van der Waals surface area contributed by atoms with Gasteiger partial charge in [0.25, 0.3) is 0 Å². The summed E-state index contributed by atoms with van der Waals surface area (Å²) in [5, 5.41) is 0. The van der Waals surface area contributed by atoms with Gasteiger partial charge in [-0.2, -0.15) is 29.8 Å². The predicted molar refractivity (Wildman–Crippen MR) is 53.5 cm³/mol. The molecule has 0 unspecified atom stereocenters. The normalized spacial score (nSPS) is 8.13. The van der Waals surface area contributed by atoms with Crippen molar-refractivity contribution < 1.29 is 42.2 Å². The zero-order chi connectivity index (χ0) is 10.4. The van der Waals surface area contributed by atoms with Gasteiger partial charge in [0.05, 0.1) is 6.61 Å². The first-order chi connectivity index (χ1) is 6.72. The van der Waals surface area contributed by atoms with Crippen LogP contribution >= 0.6 is 0 Å². The van der Waals surface area contributed by atoms with E-state index in [0.29, 0.717) is 6.61 Å².